The SMILES string of the molecule is CC(=O)Nc1ccc(S(=O)(=O)N2CC(=O)N(CC3CC3)CC23CCCC3)cc1Cl. The second-order valence-electron chi connectivity index (χ2n) is 8.48. The van der Waals surface area contributed by atoms with Crippen LogP contribution in [-0.2, 0) is 19.6 Å². The maximum atomic E-state index is 13.5. The van der Waals surface area contributed by atoms with Gasteiger partial charge in [-0.1, -0.05) is 24.4 Å². The van der Waals surface area contributed by atoms with E-state index in [1.807, 2.05) is 4.90 Å². The highest BCUT2D eigenvalue weighted by Gasteiger charge is 2.52. The molecule has 0 atom stereocenters. The van der Waals surface area contributed by atoms with Gasteiger partial charge in [-0.3, -0.25) is 9.59 Å². The molecule has 1 heterocycles. The first-order chi connectivity index (χ1) is 13.7. The van der Waals surface area contributed by atoms with Crippen molar-refractivity contribution in [1.29, 1.82) is 0 Å². The van der Waals surface area contributed by atoms with Gasteiger partial charge in [-0.2, -0.15) is 4.31 Å². The van der Waals surface area contributed by atoms with Crippen LogP contribution in [-0.4, -0.2) is 54.6 Å². The Morgan fingerprint density at radius 2 is 1.97 bits per heavy atom. The number of rotatable bonds is 5. The van der Waals surface area contributed by atoms with E-state index in [2.05, 4.69) is 5.32 Å². The highest BCUT2D eigenvalue weighted by Crippen LogP contribution is 2.43. The Labute approximate surface area is 176 Å². The van der Waals surface area contributed by atoms with Crippen molar-refractivity contribution in [3.63, 3.8) is 0 Å². The van der Waals surface area contributed by atoms with Crippen molar-refractivity contribution in [2.45, 2.75) is 55.9 Å². The average Bonchev–Trinajstić information content (AvgIpc) is 3.35. The first-order valence-electron chi connectivity index (χ1n) is 10.1. The number of sulfonamides is 1. The maximum Gasteiger partial charge on any atom is 0.244 e. The predicted molar refractivity (Wildman–Crippen MR) is 110 cm³/mol. The Kier molecular flexibility index (Phi) is 5.38. The minimum absolute atomic E-state index is 0.0475. The van der Waals surface area contributed by atoms with E-state index in [4.69, 9.17) is 11.6 Å². The zero-order valence-corrected chi connectivity index (χ0v) is 18.1. The average molecular weight is 440 g/mol. The Balaban J connectivity index is 1.65. The lowest BCUT2D eigenvalue weighted by molar-refractivity contribution is -0.139. The molecule has 29 heavy (non-hydrogen) atoms. The summed E-state index contributed by atoms with van der Waals surface area (Å²) in [6, 6.07) is 4.28. The van der Waals surface area contributed by atoms with Gasteiger partial charge in [0.2, 0.25) is 21.8 Å². The number of carbonyl (C=O) groups excluding carboxylic acids is 2. The van der Waals surface area contributed by atoms with Crippen molar-refractivity contribution >= 4 is 39.1 Å². The summed E-state index contributed by atoms with van der Waals surface area (Å²) >= 11 is 6.21. The van der Waals surface area contributed by atoms with Crippen molar-refractivity contribution in [3.05, 3.63) is 23.2 Å². The summed E-state index contributed by atoms with van der Waals surface area (Å²) in [5, 5.41) is 2.73. The van der Waals surface area contributed by atoms with Crippen LogP contribution in [0.2, 0.25) is 5.02 Å². The van der Waals surface area contributed by atoms with Gasteiger partial charge in [0.1, 0.15) is 0 Å². The zero-order valence-electron chi connectivity index (χ0n) is 16.5. The Bertz CT molecular complexity index is 939. The summed E-state index contributed by atoms with van der Waals surface area (Å²) in [5.41, 5.74) is -0.177. The van der Waals surface area contributed by atoms with E-state index < -0.39 is 15.6 Å². The molecule has 1 saturated heterocycles. The van der Waals surface area contributed by atoms with E-state index in [-0.39, 0.29) is 28.3 Å². The van der Waals surface area contributed by atoms with Gasteiger partial charge in [0.15, 0.2) is 0 Å². The van der Waals surface area contributed by atoms with Crippen molar-refractivity contribution in [2.75, 3.05) is 25.0 Å². The number of hydrogen-bond donors (Lipinski definition) is 1. The monoisotopic (exact) mass is 439 g/mol. The number of hydrogen-bond acceptors (Lipinski definition) is 4. The van der Waals surface area contributed by atoms with E-state index in [1.165, 1.54) is 29.4 Å². The molecule has 2 saturated carbocycles. The fraction of sp³-hybridized carbons (Fsp3) is 0.600. The molecule has 9 heteroatoms. The molecular formula is C20H26ClN3O4S. The smallest absolute Gasteiger partial charge is 0.244 e. The molecule has 3 fully saturated rings. The lowest BCUT2D eigenvalue weighted by atomic mass is 9.94. The van der Waals surface area contributed by atoms with Crippen LogP contribution in [0.1, 0.15) is 45.4 Å². The number of benzene rings is 1. The third kappa shape index (κ3) is 4.02. The molecule has 1 aromatic carbocycles. The molecule has 0 radical (unpaired) electrons. The van der Waals surface area contributed by atoms with Crippen LogP contribution < -0.4 is 5.32 Å². The Morgan fingerprint density at radius 3 is 2.55 bits per heavy atom. The minimum Gasteiger partial charge on any atom is -0.339 e. The van der Waals surface area contributed by atoms with Gasteiger partial charge in [0.25, 0.3) is 0 Å². The summed E-state index contributed by atoms with van der Waals surface area (Å²) < 4.78 is 28.5. The Hall–Kier alpha value is -1.64. The number of amides is 2. The number of piperazine rings is 1. The van der Waals surface area contributed by atoms with Crippen LogP contribution in [0.5, 0.6) is 0 Å². The largest absolute Gasteiger partial charge is 0.339 e. The third-order valence-corrected chi connectivity index (χ3v) is 8.45. The van der Waals surface area contributed by atoms with Gasteiger partial charge in [-0.15, -0.1) is 0 Å². The fourth-order valence-corrected chi connectivity index (χ4v) is 6.63. The molecule has 2 amide bonds. The van der Waals surface area contributed by atoms with Crippen molar-refractivity contribution in [1.82, 2.24) is 9.21 Å². The second-order valence-corrected chi connectivity index (χ2v) is 10.8. The molecule has 158 valence electrons. The van der Waals surface area contributed by atoms with E-state index in [1.54, 1.807) is 0 Å². The van der Waals surface area contributed by atoms with Crippen LogP contribution in [0, 0.1) is 5.92 Å². The number of nitrogens with zero attached hydrogens (tertiary/aromatic N) is 2. The minimum atomic E-state index is -3.90. The molecular weight excluding hydrogens is 414 g/mol. The van der Waals surface area contributed by atoms with E-state index >= 15 is 0 Å². The quantitative estimate of drug-likeness (QED) is 0.764. The van der Waals surface area contributed by atoms with Gasteiger partial charge in [0.05, 0.1) is 27.7 Å². The van der Waals surface area contributed by atoms with Crippen LogP contribution >= 0.6 is 11.6 Å². The first-order valence-corrected chi connectivity index (χ1v) is 11.9. The third-order valence-electron chi connectivity index (χ3n) is 6.19. The van der Waals surface area contributed by atoms with Gasteiger partial charge >= 0.3 is 0 Å². The van der Waals surface area contributed by atoms with E-state index in [0.717, 1.165) is 45.1 Å². The van der Waals surface area contributed by atoms with Gasteiger partial charge in [-0.25, -0.2) is 8.42 Å². The number of carbonyl (C=O) groups is 2. The highest BCUT2D eigenvalue weighted by molar-refractivity contribution is 7.89. The van der Waals surface area contributed by atoms with E-state index in [9.17, 15) is 18.0 Å². The molecule has 4 rings (SSSR count). The number of nitrogens with one attached hydrogen (secondary N) is 1. The summed E-state index contributed by atoms with van der Waals surface area (Å²) in [4.78, 5) is 26.0. The van der Waals surface area contributed by atoms with Crippen LogP contribution in [0.15, 0.2) is 23.1 Å². The zero-order chi connectivity index (χ0) is 20.8. The molecule has 1 aromatic rings. The predicted octanol–water partition coefficient (Wildman–Crippen LogP) is 2.85. The van der Waals surface area contributed by atoms with E-state index in [0.29, 0.717) is 18.2 Å². The van der Waals surface area contributed by atoms with Gasteiger partial charge in [-0.05, 0) is 49.8 Å². The number of anilines is 1. The molecule has 0 bridgehead atoms. The molecule has 1 N–H and O–H groups in total. The van der Waals surface area contributed by atoms with Crippen molar-refractivity contribution in [2.24, 2.45) is 5.92 Å². The molecule has 0 aromatic heterocycles. The van der Waals surface area contributed by atoms with Crippen LogP contribution in [0.25, 0.3) is 0 Å². The molecule has 2 aliphatic carbocycles. The van der Waals surface area contributed by atoms with Crippen LogP contribution in [0.3, 0.4) is 0 Å². The number of halogens is 1. The van der Waals surface area contributed by atoms with Crippen molar-refractivity contribution in [3.8, 4) is 0 Å². The second kappa shape index (κ2) is 7.56. The summed E-state index contributed by atoms with van der Waals surface area (Å²) in [6.07, 6.45) is 5.74. The summed E-state index contributed by atoms with van der Waals surface area (Å²) in [7, 11) is -3.90. The molecule has 3 aliphatic rings. The standard InChI is InChI=1S/C20H26ClN3O4S/c1-14(25)22-18-7-6-16(10-17(18)21)29(27,28)24-12-19(26)23(11-15-4-5-15)13-20(24)8-2-3-9-20/h6-7,10,15H,2-5,8-9,11-13H2,1H3,(H,22,25). The fourth-order valence-electron chi connectivity index (χ4n) is 4.55. The molecule has 0 unspecified atom stereocenters. The Morgan fingerprint density at radius 1 is 1.28 bits per heavy atom. The summed E-state index contributed by atoms with van der Waals surface area (Å²) in [6.45, 7) is 2.45. The highest BCUT2D eigenvalue weighted by atomic mass is 35.5. The maximum absolute atomic E-state index is 13.5. The topological polar surface area (TPSA) is 86.8 Å². The van der Waals surface area contributed by atoms with Gasteiger partial charge < -0.3 is 10.2 Å². The molecule has 7 nitrogen and oxygen atoms in total. The molecule has 1 aliphatic heterocycles. The van der Waals surface area contributed by atoms with Crippen LogP contribution in [0.4, 0.5) is 5.69 Å². The van der Waals surface area contributed by atoms with Gasteiger partial charge in [0, 0.05) is 20.0 Å². The molecule has 1 spiro atoms. The normalized spacial score (nSPS) is 22.3. The van der Waals surface area contributed by atoms with Crippen molar-refractivity contribution < 1.29 is 18.0 Å². The lowest BCUT2D eigenvalue weighted by Gasteiger charge is -2.47. The first kappa shape index (κ1) is 20.6. The lowest BCUT2D eigenvalue weighted by Crippen LogP contribution is -2.64. The summed E-state index contributed by atoms with van der Waals surface area (Å²) in [5.74, 6) is 0.157.